The highest BCUT2D eigenvalue weighted by Crippen LogP contribution is 2.37. The molecule has 3 rings (SSSR count). The van der Waals surface area contributed by atoms with Crippen LogP contribution in [0, 0.1) is 6.92 Å². The zero-order valence-electron chi connectivity index (χ0n) is 24.1. The van der Waals surface area contributed by atoms with Gasteiger partial charge in [-0.25, -0.2) is 4.79 Å². The van der Waals surface area contributed by atoms with Gasteiger partial charge >= 0.3 is 6.09 Å². The van der Waals surface area contributed by atoms with E-state index in [9.17, 15) is 4.79 Å². The number of ether oxygens (including phenoxy) is 2. The number of amides is 1. The van der Waals surface area contributed by atoms with Crippen molar-refractivity contribution in [3.05, 3.63) is 90.0 Å². The third-order valence-corrected chi connectivity index (χ3v) is 11.5. The van der Waals surface area contributed by atoms with Crippen LogP contribution in [0.2, 0.25) is 5.04 Å². The van der Waals surface area contributed by atoms with E-state index in [0.29, 0.717) is 13.2 Å². The molecule has 0 fully saturated rings. The number of alkyl carbamates (subject to hydrolysis) is 1. The average Bonchev–Trinajstić information content (AvgIpc) is 2.84. The van der Waals surface area contributed by atoms with Crippen molar-refractivity contribution in [1.29, 1.82) is 0 Å². The van der Waals surface area contributed by atoms with E-state index in [4.69, 9.17) is 13.9 Å². The van der Waals surface area contributed by atoms with Crippen LogP contribution in [0.15, 0.2) is 78.9 Å². The van der Waals surface area contributed by atoms with Gasteiger partial charge in [0.2, 0.25) is 0 Å². The summed E-state index contributed by atoms with van der Waals surface area (Å²) in [7, 11) is -2.63. The fourth-order valence-corrected chi connectivity index (χ4v) is 9.42. The van der Waals surface area contributed by atoms with Gasteiger partial charge in [-0.2, -0.15) is 0 Å². The first kappa shape index (κ1) is 29.5. The lowest BCUT2D eigenvalue weighted by molar-refractivity contribution is 0.0507. The summed E-state index contributed by atoms with van der Waals surface area (Å²) in [5.41, 5.74) is 1.35. The Morgan fingerprint density at radius 3 is 1.87 bits per heavy atom. The van der Waals surface area contributed by atoms with Gasteiger partial charge in [0, 0.05) is 5.56 Å². The van der Waals surface area contributed by atoms with Gasteiger partial charge in [-0.1, -0.05) is 99.6 Å². The molecule has 0 aliphatic heterocycles. The van der Waals surface area contributed by atoms with Gasteiger partial charge in [0.25, 0.3) is 8.32 Å². The second kappa shape index (κ2) is 12.2. The van der Waals surface area contributed by atoms with Gasteiger partial charge in [-0.15, -0.1) is 0 Å². The smallest absolute Gasteiger partial charge is 0.408 e. The molecule has 38 heavy (non-hydrogen) atoms. The number of nitrogens with one attached hydrogen (secondary N) is 1. The van der Waals surface area contributed by atoms with Crippen LogP contribution < -0.4 is 20.4 Å². The topological polar surface area (TPSA) is 56.8 Å². The summed E-state index contributed by atoms with van der Waals surface area (Å²) in [5.74, 6) is 0.766. The molecular formula is C32H43NO4Si. The van der Waals surface area contributed by atoms with Crippen molar-refractivity contribution in [2.75, 3.05) is 13.2 Å². The van der Waals surface area contributed by atoms with E-state index in [2.05, 4.69) is 74.6 Å². The maximum Gasteiger partial charge on any atom is 0.408 e. The first-order valence-corrected chi connectivity index (χ1v) is 15.2. The summed E-state index contributed by atoms with van der Waals surface area (Å²) < 4.78 is 18.8. The fourth-order valence-electron chi connectivity index (χ4n) is 4.88. The summed E-state index contributed by atoms with van der Waals surface area (Å²) in [5, 5.41) is 5.31. The third-order valence-electron chi connectivity index (χ3n) is 6.51. The molecule has 204 valence electrons. The lowest BCUT2D eigenvalue weighted by Gasteiger charge is -2.43. The number of carbonyl (C=O) groups excluding carboxylic acids is 1. The minimum atomic E-state index is -2.63. The Kier molecular flexibility index (Phi) is 9.44. The van der Waals surface area contributed by atoms with Crippen LogP contribution in [0.5, 0.6) is 5.75 Å². The summed E-state index contributed by atoms with van der Waals surface area (Å²) in [6, 6.07) is 26.9. The van der Waals surface area contributed by atoms with E-state index in [1.165, 1.54) is 10.4 Å². The molecule has 1 N–H and O–H groups in total. The van der Waals surface area contributed by atoms with Gasteiger partial charge in [0.05, 0.1) is 12.6 Å². The molecule has 0 saturated carbocycles. The summed E-state index contributed by atoms with van der Waals surface area (Å²) in [6.45, 7) is 17.1. The number of hydrogen-bond donors (Lipinski definition) is 1. The van der Waals surface area contributed by atoms with Crippen LogP contribution in [-0.2, 0) is 9.16 Å². The molecule has 0 aliphatic rings. The quantitative estimate of drug-likeness (QED) is 0.251. The maximum atomic E-state index is 12.4. The van der Waals surface area contributed by atoms with E-state index < -0.39 is 20.0 Å². The molecule has 3 aromatic carbocycles. The first-order chi connectivity index (χ1) is 17.8. The molecule has 0 bridgehead atoms. The number of carbonyl (C=O) groups is 1. The van der Waals surface area contributed by atoms with Gasteiger partial charge in [-0.3, -0.25) is 0 Å². The first-order valence-electron chi connectivity index (χ1n) is 13.3. The molecule has 0 heterocycles. The molecule has 0 aliphatic carbocycles. The number of hydrogen-bond acceptors (Lipinski definition) is 4. The van der Waals surface area contributed by atoms with Crippen molar-refractivity contribution < 1.29 is 18.7 Å². The molecule has 1 amide bonds. The maximum absolute atomic E-state index is 12.4. The van der Waals surface area contributed by atoms with Crippen LogP contribution in [0.25, 0.3) is 0 Å². The van der Waals surface area contributed by atoms with Crippen molar-refractivity contribution in [1.82, 2.24) is 5.32 Å². The SMILES string of the molecule is Cc1cccc([C@@H](C)NC(=O)OC(C)(C)C)c1OCCO[Si](c1ccccc1)(c1ccccc1)C(C)(C)C. The molecule has 0 unspecified atom stereocenters. The standard InChI is InChI=1S/C32H43NO4Si/c1-24-16-15-21-28(25(2)33-30(34)37-31(3,4)5)29(24)35-22-23-36-38(32(6,7)8,26-17-11-9-12-18-26)27-19-13-10-14-20-27/h9-21,25H,22-23H2,1-8H3,(H,33,34)/t25-/m1/s1. The highest BCUT2D eigenvalue weighted by atomic mass is 28.4. The van der Waals surface area contributed by atoms with Crippen molar-refractivity contribution in [2.45, 2.75) is 72.1 Å². The minimum Gasteiger partial charge on any atom is -0.491 e. The van der Waals surface area contributed by atoms with Crippen LogP contribution in [-0.4, -0.2) is 33.2 Å². The van der Waals surface area contributed by atoms with E-state index in [1.54, 1.807) is 0 Å². The molecule has 0 saturated heterocycles. The molecule has 6 heteroatoms. The molecule has 0 spiro atoms. The van der Waals surface area contributed by atoms with Crippen LogP contribution in [0.1, 0.15) is 65.6 Å². The van der Waals surface area contributed by atoms with E-state index >= 15 is 0 Å². The summed E-state index contributed by atoms with van der Waals surface area (Å²) in [4.78, 5) is 12.4. The Labute approximate surface area is 229 Å². The molecule has 3 aromatic rings. The van der Waals surface area contributed by atoms with Crippen LogP contribution in [0.3, 0.4) is 0 Å². The van der Waals surface area contributed by atoms with Gasteiger partial charge < -0.3 is 19.2 Å². The average molecular weight is 534 g/mol. The Bertz CT molecular complexity index is 1140. The minimum absolute atomic E-state index is 0.102. The van der Waals surface area contributed by atoms with E-state index in [-0.39, 0.29) is 11.1 Å². The van der Waals surface area contributed by atoms with Crippen molar-refractivity contribution in [3.63, 3.8) is 0 Å². The second-order valence-electron chi connectivity index (χ2n) is 11.7. The van der Waals surface area contributed by atoms with E-state index in [1.807, 2.05) is 65.0 Å². The Balaban J connectivity index is 1.81. The number of para-hydroxylation sites is 1. The van der Waals surface area contributed by atoms with Crippen LogP contribution >= 0.6 is 0 Å². The monoisotopic (exact) mass is 533 g/mol. The van der Waals surface area contributed by atoms with E-state index in [0.717, 1.165) is 16.9 Å². The Morgan fingerprint density at radius 1 is 0.816 bits per heavy atom. The zero-order chi connectivity index (χ0) is 28.0. The molecular weight excluding hydrogens is 490 g/mol. The van der Waals surface area contributed by atoms with Crippen molar-refractivity contribution in [3.8, 4) is 5.75 Å². The second-order valence-corrected chi connectivity index (χ2v) is 16.0. The predicted octanol–water partition coefficient (Wildman–Crippen LogP) is 6.54. The van der Waals surface area contributed by atoms with Crippen molar-refractivity contribution >= 4 is 24.8 Å². The zero-order valence-corrected chi connectivity index (χ0v) is 25.1. The molecule has 1 atom stereocenters. The van der Waals surface area contributed by atoms with Crippen molar-refractivity contribution in [2.24, 2.45) is 0 Å². The predicted molar refractivity (Wildman–Crippen MR) is 158 cm³/mol. The number of benzene rings is 3. The molecule has 0 radical (unpaired) electrons. The lowest BCUT2D eigenvalue weighted by atomic mass is 10.0. The Hall–Kier alpha value is -3.09. The molecule has 5 nitrogen and oxygen atoms in total. The van der Waals surface area contributed by atoms with Gasteiger partial charge in [-0.05, 0) is 55.6 Å². The number of rotatable bonds is 9. The summed E-state index contributed by atoms with van der Waals surface area (Å²) in [6.07, 6.45) is -0.451. The normalized spacial score (nSPS) is 13.1. The largest absolute Gasteiger partial charge is 0.491 e. The van der Waals surface area contributed by atoms with Gasteiger partial charge in [0.15, 0.2) is 0 Å². The lowest BCUT2D eigenvalue weighted by Crippen LogP contribution is -2.66. The fraction of sp³-hybridized carbons (Fsp3) is 0.406. The number of aryl methyl sites for hydroxylation is 1. The van der Waals surface area contributed by atoms with Gasteiger partial charge in [0.1, 0.15) is 18.0 Å². The highest BCUT2D eigenvalue weighted by molar-refractivity contribution is 6.99. The Morgan fingerprint density at radius 2 is 1.37 bits per heavy atom. The third kappa shape index (κ3) is 7.06. The summed E-state index contributed by atoms with van der Waals surface area (Å²) >= 11 is 0. The highest BCUT2D eigenvalue weighted by Gasteiger charge is 2.50. The molecule has 0 aromatic heterocycles. The van der Waals surface area contributed by atoms with Crippen LogP contribution in [0.4, 0.5) is 4.79 Å².